The molecule has 0 aliphatic carbocycles. The van der Waals surface area contributed by atoms with E-state index in [1.807, 2.05) is 31.2 Å². The number of hydrogen-bond acceptors (Lipinski definition) is 3. The molecule has 3 aromatic rings. The fraction of sp³-hybridized carbons (Fsp3) is 0.105. The van der Waals surface area contributed by atoms with Gasteiger partial charge in [-0.1, -0.05) is 34.1 Å². The topological polar surface area (TPSA) is 47.0 Å². The summed E-state index contributed by atoms with van der Waals surface area (Å²) in [6.45, 7) is 2.00. The van der Waals surface area contributed by atoms with Crippen molar-refractivity contribution < 1.29 is 12.8 Å². The van der Waals surface area contributed by atoms with Gasteiger partial charge in [-0.25, -0.2) is 12.8 Å². The highest BCUT2D eigenvalue weighted by Gasteiger charge is 2.16. The zero-order chi connectivity index (χ0) is 18.2. The van der Waals surface area contributed by atoms with Crippen LogP contribution in [0.5, 0.6) is 0 Å². The molecule has 1 heterocycles. The molecule has 3 nitrogen and oxygen atoms in total. The van der Waals surface area contributed by atoms with Crippen LogP contribution in [0, 0.1) is 12.7 Å². The second kappa shape index (κ2) is 6.69. The maximum absolute atomic E-state index is 14.3. The summed E-state index contributed by atoms with van der Waals surface area (Å²) in [5.74, 6) is -0.762. The third-order valence-electron chi connectivity index (χ3n) is 3.93. The van der Waals surface area contributed by atoms with Crippen molar-refractivity contribution >= 4 is 25.8 Å². The molecule has 25 heavy (non-hydrogen) atoms. The molecule has 0 aliphatic rings. The average molecular weight is 420 g/mol. The van der Waals surface area contributed by atoms with Crippen molar-refractivity contribution in [3.63, 3.8) is 0 Å². The summed E-state index contributed by atoms with van der Waals surface area (Å²) in [4.78, 5) is 3.83. The molecule has 0 spiro atoms. The number of rotatable bonds is 3. The minimum atomic E-state index is -3.60. The maximum atomic E-state index is 14.3. The molecule has 0 unspecified atom stereocenters. The average Bonchev–Trinajstić information content (AvgIpc) is 2.56. The number of aryl methyl sites for hydroxylation is 1. The van der Waals surface area contributed by atoms with E-state index in [1.54, 1.807) is 18.5 Å². The van der Waals surface area contributed by atoms with E-state index >= 15 is 0 Å². The molecular formula is C19H15BrFNO2S. The Bertz CT molecular complexity index is 1060. The Morgan fingerprint density at radius 1 is 1.00 bits per heavy atom. The SMILES string of the molecule is Cc1cc(-c2ccncc2-c2ccc(S(C)(=O)=O)c(F)c2)ccc1Br. The predicted molar refractivity (Wildman–Crippen MR) is 101 cm³/mol. The van der Waals surface area contributed by atoms with Gasteiger partial charge in [0.05, 0.1) is 0 Å². The summed E-state index contributed by atoms with van der Waals surface area (Å²) >= 11 is 3.48. The molecule has 0 fully saturated rings. The first-order valence-electron chi connectivity index (χ1n) is 7.48. The second-order valence-electron chi connectivity index (χ2n) is 5.80. The maximum Gasteiger partial charge on any atom is 0.178 e. The first kappa shape index (κ1) is 17.8. The normalized spacial score (nSPS) is 11.5. The molecule has 0 saturated heterocycles. The third kappa shape index (κ3) is 3.65. The first-order valence-corrected chi connectivity index (χ1v) is 10.2. The van der Waals surface area contributed by atoms with Gasteiger partial charge in [-0.2, -0.15) is 0 Å². The Kier molecular flexibility index (Phi) is 4.75. The zero-order valence-corrected chi connectivity index (χ0v) is 16.0. The van der Waals surface area contributed by atoms with Crippen LogP contribution in [0.2, 0.25) is 0 Å². The van der Waals surface area contributed by atoms with Crippen molar-refractivity contribution in [3.8, 4) is 22.3 Å². The van der Waals surface area contributed by atoms with Crippen LogP contribution in [0.3, 0.4) is 0 Å². The minimum absolute atomic E-state index is 0.304. The van der Waals surface area contributed by atoms with Crippen LogP contribution in [-0.2, 0) is 9.84 Å². The van der Waals surface area contributed by atoms with Crippen molar-refractivity contribution in [2.75, 3.05) is 6.26 Å². The van der Waals surface area contributed by atoms with Gasteiger partial charge in [0.2, 0.25) is 0 Å². The first-order chi connectivity index (χ1) is 11.8. The second-order valence-corrected chi connectivity index (χ2v) is 8.64. The van der Waals surface area contributed by atoms with Gasteiger partial charge in [-0.15, -0.1) is 0 Å². The summed E-state index contributed by atoms with van der Waals surface area (Å²) in [7, 11) is -3.60. The van der Waals surface area contributed by atoms with Crippen LogP contribution in [0.1, 0.15) is 5.56 Å². The van der Waals surface area contributed by atoms with E-state index in [1.165, 1.54) is 12.1 Å². The molecule has 0 amide bonds. The number of aromatic nitrogens is 1. The summed E-state index contributed by atoms with van der Waals surface area (Å²) in [5, 5.41) is 0. The fourth-order valence-electron chi connectivity index (χ4n) is 2.66. The molecule has 0 saturated carbocycles. The van der Waals surface area contributed by atoms with Crippen LogP contribution in [-0.4, -0.2) is 19.7 Å². The molecule has 128 valence electrons. The molecule has 0 bridgehead atoms. The van der Waals surface area contributed by atoms with Crippen LogP contribution >= 0.6 is 15.9 Å². The molecule has 0 atom stereocenters. The zero-order valence-electron chi connectivity index (χ0n) is 13.6. The summed E-state index contributed by atoms with van der Waals surface area (Å²) in [6.07, 6.45) is 4.32. The Hall–Kier alpha value is -2.05. The number of nitrogens with zero attached hydrogens (tertiary/aromatic N) is 1. The minimum Gasteiger partial charge on any atom is -0.264 e. The summed E-state index contributed by atoms with van der Waals surface area (Å²) in [6, 6.07) is 12.0. The molecule has 3 rings (SSSR count). The van der Waals surface area contributed by atoms with E-state index < -0.39 is 15.7 Å². The van der Waals surface area contributed by atoms with E-state index in [4.69, 9.17) is 0 Å². The quantitative estimate of drug-likeness (QED) is 0.597. The Morgan fingerprint density at radius 2 is 1.68 bits per heavy atom. The van der Waals surface area contributed by atoms with Gasteiger partial charge in [-0.3, -0.25) is 4.98 Å². The van der Waals surface area contributed by atoms with Gasteiger partial charge in [0.1, 0.15) is 10.7 Å². The van der Waals surface area contributed by atoms with Crippen LogP contribution in [0.25, 0.3) is 22.3 Å². The van der Waals surface area contributed by atoms with Crippen molar-refractivity contribution in [2.24, 2.45) is 0 Å². The van der Waals surface area contributed by atoms with Crippen LogP contribution in [0.15, 0.2) is 64.2 Å². The number of halogens is 2. The van der Waals surface area contributed by atoms with Crippen molar-refractivity contribution in [1.82, 2.24) is 4.98 Å². The van der Waals surface area contributed by atoms with Gasteiger partial charge in [0.25, 0.3) is 0 Å². The van der Waals surface area contributed by atoms with Crippen molar-refractivity contribution in [2.45, 2.75) is 11.8 Å². The van der Waals surface area contributed by atoms with Gasteiger partial charge >= 0.3 is 0 Å². The lowest BCUT2D eigenvalue weighted by Crippen LogP contribution is -2.01. The molecule has 6 heteroatoms. The third-order valence-corrected chi connectivity index (χ3v) is 5.95. The van der Waals surface area contributed by atoms with E-state index in [9.17, 15) is 12.8 Å². The van der Waals surface area contributed by atoms with Gasteiger partial charge in [-0.05, 0) is 53.4 Å². The molecule has 0 aliphatic heterocycles. The molecule has 0 N–H and O–H groups in total. The predicted octanol–water partition coefficient (Wildman–Crippen LogP) is 5.03. The number of benzene rings is 2. The van der Waals surface area contributed by atoms with Crippen molar-refractivity contribution in [3.05, 3.63) is 70.7 Å². The molecule has 2 aromatic carbocycles. The van der Waals surface area contributed by atoms with E-state index in [0.29, 0.717) is 5.56 Å². The van der Waals surface area contributed by atoms with Crippen LogP contribution < -0.4 is 0 Å². The smallest absolute Gasteiger partial charge is 0.178 e. The number of hydrogen-bond donors (Lipinski definition) is 0. The fourth-order valence-corrected chi connectivity index (χ4v) is 3.63. The molecule has 0 radical (unpaired) electrons. The van der Waals surface area contributed by atoms with Gasteiger partial charge in [0, 0.05) is 28.7 Å². The highest BCUT2D eigenvalue weighted by Crippen LogP contribution is 2.34. The Labute approximate surface area is 154 Å². The summed E-state index contributed by atoms with van der Waals surface area (Å²) in [5.41, 5.74) is 4.28. The van der Waals surface area contributed by atoms with E-state index in [0.717, 1.165) is 33.0 Å². The highest BCUT2D eigenvalue weighted by atomic mass is 79.9. The monoisotopic (exact) mass is 419 g/mol. The number of sulfone groups is 1. The van der Waals surface area contributed by atoms with Gasteiger partial charge < -0.3 is 0 Å². The summed E-state index contributed by atoms with van der Waals surface area (Å²) < 4.78 is 38.5. The van der Waals surface area contributed by atoms with Crippen molar-refractivity contribution in [1.29, 1.82) is 0 Å². The number of pyridine rings is 1. The lowest BCUT2D eigenvalue weighted by molar-refractivity contribution is 0.571. The Balaban J connectivity index is 2.16. The lowest BCUT2D eigenvalue weighted by Gasteiger charge is -2.12. The molecule has 1 aromatic heterocycles. The largest absolute Gasteiger partial charge is 0.264 e. The van der Waals surface area contributed by atoms with Crippen LogP contribution in [0.4, 0.5) is 4.39 Å². The van der Waals surface area contributed by atoms with Gasteiger partial charge in [0.15, 0.2) is 9.84 Å². The standard InChI is InChI=1S/C19H15BrFNO2S/c1-12-9-13(3-5-17(12)20)15-7-8-22-11-16(15)14-4-6-19(18(21)10-14)25(2,23)24/h3-11H,1-2H3. The highest BCUT2D eigenvalue weighted by molar-refractivity contribution is 9.10. The van der Waals surface area contributed by atoms with E-state index in [2.05, 4.69) is 20.9 Å². The van der Waals surface area contributed by atoms with E-state index in [-0.39, 0.29) is 4.90 Å². The lowest BCUT2D eigenvalue weighted by atomic mass is 9.95. The molecular weight excluding hydrogens is 405 g/mol. The Morgan fingerprint density at radius 3 is 2.32 bits per heavy atom.